The third kappa shape index (κ3) is 2.20. The molecule has 1 fully saturated rings. The van der Waals surface area contributed by atoms with Gasteiger partial charge >= 0.3 is 0 Å². The Kier molecular flexibility index (Phi) is 2.95. The minimum atomic E-state index is -0.298. The second-order valence-corrected chi connectivity index (χ2v) is 6.85. The van der Waals surface area contributed by atoms with Gasteiger partial charge in [-0.15, -0.1) is 11.8 Å². The summed E-state index contributed by atoms with van der Waals surface area (Å²) in [5, 5.41) is 2.58. The fourth-order valence-electron chi connectivity index (χ4n) is 2.10. The molecule has 2 heterocycles. The van der Waals surface area contributed by atoms with Gasteiger partial charge < -0.3 is 0 Å². The van der Waals surface area contributed by atoms with Crippen LogP contribution in [-0.4, -0.2) is 16.4 Å². The zero-order valence-electron chi connectivity index (χ0n) is 9.73. The van der Waals surface area contributed by atoms with Crippen LogP contribution < -0.4 is 5.32 Å². The summed E-state index contributed by atoms with van der Waals surface area (Å²) in [5.41, 5.74) is 2.31. The van der Waals surface area contributed by atoms with E-state index < -0.39 is 0 Å². The number of hydrogen-bond acceptors (Lipinski definition) is 4. The summed E-state index contributed by atoms with van der Waals surface area (Å²) in [6.45, 7) is 2.21. The summed E-state index contributed by atoms with van der Waals surface area (Å²) in [6, 6.07) is 6.19. The van der Waals surface area contributed by atoms with E-state index in [1.54, 1.807) is 6.08 Å². The smallest absolute Gasteiger partial charge is 0.282 e. The van der Waals surface area contributed by atoms with Crippen molar-refractivity contribution in [1.29, 1.82) is 0 Å². The molecule has 1 unspecified atom stereocenters. The Balaban J connectivity index is 1.91. The summed E-state index contributed by atoms with van der Waals surface area (Å²) in [6.07, 6.45) is 2.84. The van der Waals surface area contributed by atoms with Crippen LogP contribution in [0.2, 0.25) is 0 Å². The first-order valence-electron chi connectivity index (χ1n) is 5.66. The molecular formula is C13H11NO2S2. The second kappa shape index (κ2) is 4.48. The molecule has 5 heteroatoms. The summed E-state index contributed by atoms with van der Waals surface area (Å²) in [4.78, 5) is 24.3. The lowest BCUT2D eigenvalue weighted by molar-refractivity contribution is -0.115. The topological polar surface area (TPSA) is 46.2 Å². The summed E-state index contributed by atoms with van der Waals surface area (Å²) >= 11 is 2.84. The predicted molar refractivity (Wildman–Crippen MR) is 74.6 cm³/mol. The molecule has 2 aliphatic rings. The lowest BCUT2D eigenvalue weighted by Gasteiger charge is -2.00. The van der Waals surface area contributed by atoms with E-state index in [9.17, 15) is 9.59 Å². The minimum Gasteiger partial charge on any atom is -0.282 e. The van der Waals surface area contributed by atoms with Gasteiger partial charge in [-0.25, -0.2) is 0 Å². The number of thioether (sulfide) groups is 2. The van der Waals surface area contributed by atoms with Crippen LogP contribution in [0.4, 0.5) is 4.79 Å². The lowest BCUT2D eigenvalue weighted by atomic mass is 10.1. The molecule has 2 amide bonds. The van der Waals surface area contributed by atoms with Gasteiger partial charge in [-0.1, -0.05) is 19.1 Å². The zero-order chi connectivity index (χ0) is 12.7. The van der Waals surface area contributed by atoms with Crippen molar-refractivity contribution in [3.8, 4) is 0 Å². The molecular weight excluding hydrogens is 266 g/mol. The Morgan fingerprint density at radius 2 is 2.22 bits per heavy atom. The molecule has 1 N–H and O–H groups in total. The number of amides is 2. The first kappa shape index (κ1) is 11.9. The van der Waals surface area contributed by atoms with Crippen LogP contribution in [0, 0.1) is 0 Å². The largest absolute Gasteiger partial charge is 0.290 e. The molecule has 0 saturated carbocycles. The number of imide groups is 1. The van der Waals surface area contributed by atoms with Crippen molar-refractivity contribution in [2.75, 3.05) is 0 Å². The molecule has 1 saturated heterocycles. The van der Waals surface area contributed by atoms with E-state index in [1.165, 1.54) is 10.5 Å². The number of rotatable bonds is 1. The molecule has 1 aromatic carbocycles. The van der Waals surface area contributed by atoms with Crippen molar-refractivity contribution in [2.45, 2.75) is 23.5 Å². The zero-order valence-corrected chi connectivity index (χ0v) is 11.4. The maximum Gasteiger partial charge on any atom is 0.290 e. The highest BCUT2D eigenvalue weighted by molar-refractivity contribution is 8.18. The van der Waals surface area contributed by atoms with Crippen LogP contribution in [0.25, 0.3) is 6.08 Å². The van der Waals surface area contributed by atoms with Crippen LogP contribution >= 0.6 is 23.5 Å². The minimum absolute atomic E-state index is 0.295. The van der Waals surface area contributed by atoms with Gasteiger partial charge in [0.15, 0.2) is 0 Å². The molecule has 92 valence electrons. The van der Waals surface area contributed by atoms with Crippen molar-refractivity contribution < 1.29 is 9.59 Å². The molecule has 18 heavy (non-hydrogen) atoms. The number of carbonyl (C=O) groups is 2. The van der Waals surface area contributed by atoms with Crippen LogP contribution in [-0.2, 0) is 11.2 Å². The van der Waals surface area contributed by atoms with E-state index in [0.29, 0.717) is 10.2 Å². The van der Waals surface area contributed by atoms with E-state index in [2.05, 4.69) is 24.4 Å². The highest BCUT2D eigenvalue weighted by Gasteiger charge is 2.25. The first-order valence-corrected chi connectivity index (χ1v) is 7.36. The lowest BCUT2D eigenvalue weighted by Crippen LogP contribution is -2.17. The van der Waals surface area contributed by atoms with Gasteiger partial charge in [0.25, 0.3) is 11.1 Å². The van der Waals surface area contributed by atoms with Crippen LogP contribution in [0.5, 0.6) is 0 Å². The van der Waals surface area contributed by atoms with Gasteiger partial charge in [0, 0.05) is 10.1 Å². The highest BCUT2D eigenvalue weighted by Crippen LogP contribution is 2.37. The Hall–Kier alpha value is -1.20. The predicted octanol–water partition coefficient (Wildman–Crippen LogP) is 3.05. The molecule has 0 aliphatic carbocycles. The maximum absolute atomic E-state index is 11.4. The number of benzene rings is 1. The van der Waals surface area contributed by atoms with E-state index in [0.717, 1.165) is 23.7 Å². The van der Waals surface area contributed by atoms with Gasteiger partial charge in [-0.3, -0.25) is 14.9 Å². The van der Waals surface area contributed by atoms with Crippen molar-refractivity contribution in [2.24, 2.45) is 0 Å². The first-order chi connectivity index (χ1) is 8.61. The molecule has 0 spiro atoms. The van der Waals surface area contributed by atoms with Gasteiger partial charge in [-0.2, -0.15) is 0 Å². The summed E-state index contributed by atoms with van der Waals surface area (Å²) < 4.78 is 0. The summed E-state index contributed by atoms with van der Waals surface area (Å²) in [5.74, 6) is -0.298. The standard InChI is InChI=1S/C13H11NO2S2/c1-7-4-9-5-8(2-3-10(9)17-7)6-11-12(15)14-13(16)18-11/h2-3,5-7H,4H2,1H3,(H,14,15,16). The third-order valence-corrected chi connectivity index (χ3v) is 4.89. The van der Waals surface area contributed by atoms with Crippen LogP contribution in [0.15, 0.2) is 28.0 Å². The number of carbonyl (C=O) groups excluding carboxylic acids is 2. The highest BCUT2D eigenvalue weighted by atomic mass is 32.2. The average molecular weight is 277 g/mol. The fourth-order valence-corrected chi connectivity index (χ4v) is 3.92. The molecule has 2 aliphatic heterocycles. The van der Waals surface area contributed by atoms with E-state index in [1.807, 2.05) is 17.8 Å². The van der Waals surface area contributed by atoms with Crippen molar-refractivity contribution in [1.82, 2.24) is 5.32 Å². The molecule has 3 nitrogen and oxygen atoms in total. The van der Waals surface area contributed by atoms with Crippen molar-refractivity contribution in [3.63, 3.8) is 0 Å². The molecule has 0 radical (unpaired) electrons. The second-order valence-electron chi connectivity index (χ2n) is 4.35. The Morgan fingerprint density at radius 3 is 2.94 bits per heavy atom. The van der Waals surface area contributed by atoms with Gasteiger partial charge in [0.2, 0.25) is 0 Å². The van der Waals surface area contributed by atoms with Gasteiger partial charge in [0.05, 0.1) is 4.91 Å². The molecule has 1 aromatic rings. The SMILES string of the molecule is CC1Cc2cc(C=C3SC(=O)NC3=O)ccc2S1. The fraction of sp³-hybridized carbons (Fsp3) is 0.231. The van der Waals surface area contributed by atoms with Gasteiger partial charge in [0.1, 0.15) is 0 Å². The monoisotopic (exact) mass is 277 g/mol. The third-order valence-electron chi connectivity index (χ3n) is 2.86. The van der Waals surface area contributed by atoms with E-state index in [4.69, 9.17) is 0 Å². The Labute approximate surface area is 113 Å². The molecule has 3 rings (SSSR count). The average Bonchev–Trinajstić information content (AvgIpc) is 2.80. The summed E-state index contributed by atoms with van der Waals surface area (Å²) in [7, 11) is 0. The van der Waals surface area contributed by atoms with E-state index in [-0.39, 0.29) is 11.1 Å². The van der Waals surface area contributed by atoms with Crippen LogP contribution in [0.1, 0.15) is 18.1 Å². The number of fused-ring (bicyclic) bond motifs is 1. The Bertz CT molecular complexity index is 580. The quantitative estimate of drug-likeness (QED) is 0.801. The van der Waals surface area contributed by atoms with Crippen LogP contribution in [0.3, 0.4) is 0 Å². The molecule has 0 aromatic heterocycles. The van der Waals surface area contributed by atoms with Gasteiger partial charge in [-0.05, 0) is 41.5 Å². The number of hydrogen-bond donors (Lipinski definition) is 1. The Morgan fingerprint density at radius 1 is 1.39 bits per heavy atom. The molecule has 0 bridgehead atoms. The number of nitrogens with one attached hydrogen (secondary N) is 1. The maximum atomic E-state index is 11.4. The van der Waals surface area contributed by atoms with Crippen molar-refractivity contribution in [3.05, 3.63) is 34.2 Å². The van der Waals surface area contributed by atoms with E-state index >= 15 is 0 Å². The van der Waals surface area contributed by atoms with Crippen molar-refractivity contribution >= 4 is 40.7 Å². The molecule has 1 atom stereocenters. The normalized spacial score (nSPS) is 24.5.